The van der Waals surface area contributed by atoms with Crippen molar-refractivity contribution in [3.63, 3.8) is 0 Å². The SMILES string of the molecule is COc1csc(C(=O)NCCC(C)Cl)c1. The second kappa shape index (κ2) is 5.98. The van der Waals surface area contributed by atoms with Gasteiger partial charge in [0, 0.05) is 23.4 Å². The molecule has 1 aromatic heterocycles. The number of hydrogen-bond acceptors (Lipinski definition) is 3. The number of hydrogen-bond donors (Lipinski definition) is 1. The van der Waals surface area contributed by atoms with Crippen LogP contribution in [0.25, 0.3) is 0 Å². The van der Waals surface area contributed by atoms with E-state index in [1.54, 1.807) is 18.6 Å². The summed E-state index contributed by atoms with van der Waals surface area (Å²) in [6, 6.07) is 1.73. The Hall–Kier alpha value is -0.740. The van der Waals surface area contributed by atoms with Crippen LogP contribution in [0, 0.1) is 0 Å². The van der Waals surface area contributed by atoms with Gasteiger partial charge in [0.05, 0.1) is 12.0 Å². The Morgan fingerprint density at radius 1 is 1.73 bits per heavy atom. The molecule has 0 radical (unpaired) electrons. The molecule has 1 amide bonds. The van der Waals surface area contributed by atoms with Crippen molar-refractivity contribution in [2.24, 2.45) is 0 Å². The fourth-order valence-electron chi connectivity index (χ4n) is 1.02. The van der Waals surface area contributed by atoms with Gasteiger partial charge in [-0.15, -0.1) is 22.9 Å². The molecule has 0 spiro atoms. The van der Waals surface area contributed by atoms with Crippen molar-refractivity contribution in [1.29, 1.82) is 0 Å². The summed E-state index contributed by atoms with van der Waals surface area (Å²) in [7, 11) is 1.58. The van der Waals surface area contributed by atoms with Gasteiger partial charge < -0.3 is 10.1 Å². The molecule has 1 aromatic rings. The van der Waals surface area contributed by atoms with Crippen LogP contribution in [0.5, 0.6) is 5.75 Å². The van der Waals surface area contributed by atoms with Crippen LogP contribution in [0.2, 0.25) is 0 Å². The molecule has 1 rings (SSSR count). The van der Waals surface area contributed by atoms with Crippen LogP contribution in [0.15, 0.2) is 11.4 Å². The van der Waals surface area contributed by atoms with E-state index in [0.717, 1.165) is 12.2 Å². The number of rotatable bonds is 5. The number of alkyl halides is 1. The molecule has 15 heavy (non-hydrogen) atoms. The van der Waals surface area contributed by atoms with Crippen molar-refractivity contribution in [3.05, 3.63) is 16.3 Å². The van der Waals surface area contributed by atoms with Gasteiger partial charge in [-0.1, -0.05) is 0 Å². The number of carbonyl (C=O) groups is 1. The number of nitrogens with one attached hydrogen (secondary N) is 1. The molecule has 1 unspecified atom stereocenters. The average Bonchev–Trinajstić information content (AvgIpc) is 2.65. The van der Waals surface area contributed by atoms with Gasteiger partial charge in [-0.05, 0) is 13.3 Å². The molecule has 84 valence electrons. The minimum atomic E-state index is -0.0689. The zero-order valence-corrected chi connectivity index (χ0v) is 10.3. The Bertz CT molecular complexity index is 325. The lowest BCUT2D eigenvalue weighted by Gasteiger charge is -2.04. The van der Waals surface area contributed by atoms with Crippen LogP contribution in [0.1, 0.15) is 23.0 Å². The second-order valence-corrected chi connectivity index (χ2v) is 4.83. The largest absolute Gasteiger partial charge is 0.496 e. The van der Waals surface area contributed by atoms with Gasteiger partial charge in [-0.3, -0.25) is 4.79 Å². The van der Waals surface area contributed by atoms with Gasteiger partial charge in [0.1, 0.15) is 5.75 Å². The van der Waals surface area contributed by atoms with Crippen LogP contribution < -0.4 is 10.1 Å². The standard InChI is InChI=1S/C10H14ClNO2S/c1-7(11)3-4-12-10(13)9-5-8(14-2)6-15-9/h5-7H,3-4H2,1-2H3,(H,12,13). The van der Waals surface area contributed by atoms with Crippen LogP contribution >= 0.6 is 22.9 Å². The molecule has 0 aliphatic carbocycles. The molecule has 3 nitrogen and oxygen atoms in total. The maximum Gasteiger partial charge on any atom is 0.261 e. The smallest absolute Gasteiger partial charge is 0.261 e. The summed E-state index contributed by atoms with van der Waals surface area (Å²) in [4.78, 5) is 12.2. The molecule has 0 fully saturated rings. The molecule has 5 heteroatoms. The molecule has 0 aromatic carbocycles. The van der Waals surface area contributed by atoms with Gasteiger partial charge in [-0.25, -0.2) is 0 Å². The molecule has 1 heterocycles. The predicted molar refractivity (Wildman–Crippen MR) is 63.1 cm³/mol. The van der Waals surface area contributed by atoms with Crippen molar-refractivity contribution in [3.8, 4) is 5.75 Å². The minimum Gasteiger partial charge on any atom is -0.496 e. The normalized spacial score (nSPS) is 12.2. The fourth-order valence-corrected chi connectivity index (χ4v) is 1.90. The minimum absolute atomic E-state index is 0.0689. The Balaban J connectivity index is 2.40. The summed E-state index contributed by atoms with van der Waals surface area (Å²) in [5.74, 6) is 0.650. The topological polar surface area (TPSA) is 38.3 Å². The first-order valence-corrected chi connectivity index (χ1v) is 6.00. The third-order valence-electron chi connectivity index (χ3n) is 1.86. The van der Waals surface area contributed by atoms with Gasteiger partial charge in [0.2, 0.25) is 0 Å². The number of methoxy groups -OCH3 is 1. The molecule has 0 bridgehead atoms. The first-order chi connectivity index (χ1) is 7.13. The van der Waals surface area contributed by atoms with E-state index in [2.05, 4.69) is 5.32 Å². The highest BCUT2D eigenvalue weighted by Crippen LogP contribution is 2.20. The Labute approximate surface area is 98.4 Å². The summed E-state index contributed by atoms with van der Waals surface area (Å²) in [6.07, 6.45) is 0.774. The summed E-state index contributed by atoms with van der Waals surface area (Å²) >= 11 is 7.14. The van der Waals surface area contributed by atoms with Crippen LogP contribution in [-0.4, -0.2) is 24.9 Å². The molecular weight excluding hydrogens is 234 g/mol. The molecule has 0 saturated heterocycles. The van der Waals surface area contributed by atoms with Gasteiger partial charge in [0.15, 0.2) is 0 Å². The summed E-state index contributed by atoms with van der Waals surface area (Å²) in [6.45, 7) is 2.51. The van der Waals surface area contributed by atoms with Gasteiger partial charge in [0.25, 0.3) is 5.91 Å². The molecular formula is C10H14ClNO2S. The van der Waals surface area contributed by atoms with Crippen LogP contribution in [0.4, 0.5) is 0 Å². The monoisotopic (exact) mass is 247 g/mol. The average molecular weight is 248 g/mol. The van der Waals surface area contributed by atoms with E-state index in [1.807, 2.05) is 6.92 Å². The van der Waals surface area contributed by atoms with E-state index in [0.29, 0.717) is 11.4 Å². The van der Waals surface area contributed by atoms with Crippen LogP contribution in [0.3, 0.4) is 0 Å². The third-order valence-corrected chi connectivity index (χ3v) is 2.99. The first kappa shape index (κ1) is 12.3. The van der Waals surface area contributed by atoms with Crippen molar-refractivity contribution in [1.82, 2.24) is 5.32 Å². The molecule has 1 N–H and O–H groups in total. The lowest BCUT2D eigenvalue weighted by atomic mass is 10.3. The van der Waals surface area contributed by atoms with E-state index in [9.17, 15) is 4.79 Å². The number of ether oxygens (including phenoxy) is 1. The maximum atomic E-state index is 11.6. The lowest BCUT2D eigenvalue weighted by Crippen LogP contribution is -2.24. The Morgan fingerprint density at radius 2 is 2.47 bits per heavy atom. The molecule has 0 aliphatic heterocycles. The molecule has 0 aliphatic rings. The quantitative estimate of drug-likeness (QED) is 0.812. The number of thiophene rings is 1. The van der Waals surface area contributed by atoms with Gasteiger partial charge >= 0.3 is 0 Å². The Kier molecular flexibility index (Phi) is 4.91. The number of carbonyl (C=O) groups excluding carboxylic acids is 1. The van der Waals surface area contributed by atoms with Crippen molar-refractivity contribution in [2.45, 2.75) is 18.7 Å². The predicted octanol–water partition coefficient (Wildman–Crippen LogP) is 2.50. The summed E-state index contributed by atoms with van der Waals surface area (Å²) < 4.78 is 5.00. The number of amides is 1. The van der Waals surface area contributed by atoms with Crippen LogP contribution in [-0.2, 0) is 0 Å². The van der Waals surface area contributed by atoms with E-state index < -0.39 is 0 Å². The molecule has 1 atom stereocenters. The Morgan fingerprint density at radius 3 is 3.00 bits per heavy atom. The van der Waals surface area contributed by atoms with E-state index in [4.69, 9.17) is 16.3 Å². The van der Waals surface area contributed by atoms with Gasteiger partial charge in [-0.2, -0.15) is 0 Å². The first-order valence-electron chi connectivity index (χ1n) is 4.68. The summed E-state index contributed by atoms with van der Waals surface area (Å²) in [5.41, 5.74) is 0. The van der Waals surface area contributed by atoms with Crippen molar-refractivity contribution < 1.29 is 9.53 Å². The lowest BCUT2D eigenvalue weighted by molar-refractivity contribution is 0.0957. The van der Waals surface area contributed by atoms with E-state index in [1.165, 1.54) is 11.3 Å². The van der Waals surface area contributed by atoms with E-state index in [-0.39, 0.29) is 11.3 Å². The molecule has 0 saturated carbocycles. The zero-order chi connectivity index (χ0) is 11.3. The number of halogens is 1. The highest BCUT2D eigenvalue weighted by molar-refractivity contribution is 7.12. The maximum absolute atomic E-state index is 11.6. The third kappa shape index (κ3) is 4.10. The fraction of sp³-hybridized carbons (Fsp3) is 0.500. The second-order valence-electron chi connectivity index (χ2n) is 3.18. The van der Waals surface area contributed by atoms with Crippen molar-refractivity contribution in [2.75, 3.05) is 13.7 Å². The summed E-state index contributed by atoms with van der Waals surface area (Å²) in [5, 5.41) is 4.69. The highest BCUT2D eigenvalue weighted by Gasteiger charge is 2.08. The van der Waals surface area contributed by atoms with E-state index >= 15 is 0 Å². The zero-order valence-electron chi connectivity index (χ0n) is 8.75. The van der Waals surface area contributed by atoms with Crippen molar-refractivity contribution >= 4 is 28.8 Å². The highest BCUT2D eigenvalue weighted by atomic mass is 35.5.